The normalized spacial score (nSPS) is 18.4. The summed E-state index contributed by atoms with van der Waals surface area (Å²) in [6.45, 7) is 3.85. The van der Waals surface area contributed by atoms with Crippen LogP contribution in [0.2, 0.25) is 0 Å². The van der Waals surface area contributed by atoms with Crippen molar-refractivity contribution in [2.75, 3.05) is 32.8 Å². The van der Waals surface area contributed by atoms with Crippen molar-refractivity contribution in [2.24, 2.45) is 0 Å². The highest BCUT2D eigenvalue weighted by molar-refractivity contribution is 5.94. The van der Waals surface area contributed by atoms with Gasteiger partial charge in [0.05, 0.1) is 31.1 Å². The van der Waals surface area contributed by atoms with Crippen molar-refractivity contribution < 1.29 is 19.4 Å². The number of rotatable bonds is 7. The van der Waals surface area contributed by atoms with E-state index in [0.29, 0.717) is 31.1 Å². The number of aliphatic hydroxyl groups excluding tert-OH is 1. The number of benzene rings is 1. The molecule has 1 fully saturated rings. The number of pyridine rings is 1. The molecular formula is C23H29N3O4. The molecule has 2 aromatic rings. The van der Waals surface area contributed by atoms with E-state index in [2.05, 4.69) is 33.4 Å². The van der Waals surface area contributed by atoms with E-state index in [-0.39, 0.29) is 18.6 Å². The Morgan fingerprint density at radius 3 is 2.90 bits per heavy atom. The number of nitrogens with one attached hydrogen (secondary N) is 1. The Labute approximate surface area is 177 Å². The number of carbonyl (C=O) groups is 1. The Hall–Kier alpha value is -2.48. The molecule has 1 atom stereocenters. The van der Waals surface area contributed by atoms with Crippen LogP contribution >= 0.6 is 0 Å². The van der Waals surface area contributed by atoms with Crippen LogP contribution in [-0.4, -0.2) is 66.0 Å². The Balaban J connectivity index is 1.24. The van der Waals surface area contributed by atoms with Gasteiger partial charge in [-0.15, -0.1) is 0 Å². The molecule has 3 heterocycles. The molecule has 0 unspecified atom stereocenters. The van der Waals surface area contributed by atoms with Crippen LogP contribution in [0.4, 0.5) is 0 Å². The largest absolute Gasteiger partial charge is 0.489 e. The van der Waals surface area contributed by atoms with E-state index in [1.54, 1.807) is 12.3 Å². The van der Waals surface area contributed by atoms with Crippen LogP contribution < -0.4 is 10.1 Å². The van der Waals surface area contributed by atoms with Crippen LogP contribution in [0.3, 0.4) is 0 Å². The molecule has 7 heteroatoms. The van der Waals surface area contributed by atoms with Gasteiger partial charge < -0.3 is 19.9 Å². The lowest BCUT2D eigenvalue weighted by molar-refractivity contribution is 0.0254. The highest BCUT2D eigenvalue weighted by atomic mass is 16.5. The van der Waals surface area contributed by atoms with Gasteiger partial charge >= 0.3 is 0 Å². The lowest BCUT2D eigenvalue weighted by Crippen LogP contribution is -2.42. The summed E-state index contributed by atoms with van der Waals surface area (Å²) in [5.41, 5.74) is 3.12. The molecule has 0 bridgehead atoms. The molecule has 1 aromatic heterocycles. The molecule has 2 aliphatic heterocycles. The van der Waals surface area contributed by atoms with E-state index in [0.717, 1.165) is 32.4 Å². The summed E-state index contributed by atoms with van der Waals surface area (Å²) in [5.74, 6) is 0.324. The zero-order valence-electron chi connectivity index (χ0n) is 17.1. The third-order valence-corrected chi connectivity index (χ3v) is 5.62. The van der Waals surface area contributed by atoms with Gasteiger partial charge in [-0.3, -0.25) is 14.7 Å². The molecule has 30 heavy (non-hydrogen) atoms. The third-order valence-electron chi connectivity index (χ3n) is 5.62. The molecule has 2 N–H and O–H groups in total. The zero-order chi connectivity index (χ0) is 20.8. The van der Waals surface area contributed by atoms with Crippen molar-refractivity contribution >= 4 is 5.91 Å². The number of β-amino-alcohol motifs (C(OH)–C–C–N with tert-alkyl or cyclic N) is 1. The number of hydrogen-bond acceptors (Lipinski definition) is 6. The van der Waals surface area contributed by atoms with E-state index in [1.165, 1.54) is 17.3 Å². The summed E-state index contributed by atoms with van der Waals surface area (Å²) in [4.78, 5) is 18.8. The first-order valence-electron chi connectivity index (χ1n) is 10.6. The van der Waals surface area contributed by atoms with Gasteiger partial charge in [-0.25, -0.2) is 0 Å². The summed E-state index contributed by atoms with van der Waals surface area (Å²) >= 11 is 0. The Bertz CT molecular complexity index is 854. The Morgan fingerprint density at radius 2 is 2.07 bits per heavy atom. The fraction of sp³-hybridized carbons (Fsp3) is 0.478. The first-order chi connectivity index (χ1) is 14.7. The minimum Gasteiger partial charge on any atom is -0.489 e. The maximum atomic E-state index is 12.5. The zero-order valence-corrected chi connectivity index (χ0v) is 17.1. The van der Waals surface area contributed by atoms with Gasteiger partial charge in [0.25, 0.3) is 5.91 Å². The number of hydrogen-bond donors (Lipinski definition) is 2. The van der Waals surface area contributed by atoms with Crippen molar-refractivity contribution in [3.8, 4) is 5.75 Å². The van der Waals surface area contributed by atoms with Gasteiger partial charge in [0.2, 0.25) is 0 Å². The topological polar surface area (TPSA) is 83.9 Å². The van der Waals surface area contributed by atoms with Crippen LogP contribution in [0.1, 0.15) is 34.3 Å². The number of ether oxygens (including phenoxy) is 2. The predicted octanol–water partition coefficient (Wildman–Crippen LogP) is 1.79. The molecule has 1 aromatic carbocycles. The quantitative estimate of drug-likeness (QED) is 0.723. The monoisotopic (exact) mass is 411 g/mol. The van der Waals surface area contributed by atoms with E-state index in [4.69, 9.17) is 9.47 Å². The average Bonchev–Trinajstić information content (AvgIpc) is 2.78. The second-order valence-electron chi connectivity index (χ2n) is 7.96. The molecule has 0 radical (unpaired) electrons. The molecule has 0 saturated carbocycles. The maximum absolute atomic E-state index is 12.5. The van der Waals surface area contributed by atoms with E-state index in [9.17, 15) is 9.90 Å². The fourth-order valence-corrected chi connectivity index (χ4v) is 3.98. The molecule has 1 saturated heterocycles. The van der Waals surface area contributed by atoms with Gasteiger partial charge in [0, 0.05) is 45.2 Å². The summed E-state index contributed by atoms with van der Waals surface area (Å²) < 4.78 is 11.3. The number of amides is 1. The number of aromatic nitrogens is 1. The third kappa shape index (κ3) is 5.56. The Morgan fingerprint density at radius 1 is 1.27 bits per heavy atom. The van der Waals surface area contributed by atoms with Crippen LogP contribution in [0.5, 0.6) is 5.75 Å². The molecule has 0 spiro atoms. The van der Waals surface area contributed by atoms with E-state index >= 15 is 0 Å². The lowest BCUT2D eigenvalue weighted by Gasteiger charge is -2.30. The molecule has 7 nitrogen and oxygen atoms in total. The van der Waals surface area contributed by atoms with Gasteiger partial charge in [-0.05, 0) is 23.6 Å². The van der Waals surface area contributed by atoms with E-state index < -0.39 is 6.10 Å². The molecule has 4 rings (SSSR count). The SMILES string of the molecule is O=C(NC[C@H](O)CN1CCc2ccccc2C1)c1cncc(OC2CCOCC2)c1. The summed E-state index contributed by atoms with van der Waals surface area (Å²) in [5, 5.41) is 13.2. The van der Waals surface area contributed by atoms with Crippen molar-refractivity contribution in [1.82, 2.24) is 15.2 Å². The first kappa shape index (κ1) is 20.8. The average molecular weight is 412 g/mol. The predicted molar refractivity (Wildman–Crippen MR) is 112 cm³/mol. The molecule has 1 amide bonds. The summed E-state index contributed by atoms with van der Waals surface area (Å²) in [6.07, 6.45) is 5.26. The molecular weight excluding hydrogens is 382 g/mol. The van der Waals surface area contributed by atoms with E-state index in [1.807, 2.05) is 6.07 Å². The van der Waals surface area contributed by atoms with Crippen molar-refractivity contribution in [3.63, 3.8) is 0 Å². The standard InChI is InChI=1S/C23H29N3O4/c27-20(16-26-8-5-17-3-1-2-4-18(17)15-26)13-25-23(28)19-11-22(14-24-12-19)30-21-6-9-29-10-7-21/h1-4,11-12,14,20-21,27H,5-10,13,15-16H2,(H,25,28)/t20-/m0/s1. The van der Waals surface area contributed by atoms with Crippen LogP contribution in [0.15, 0.2) is 42.7 Å². The number of fused-ring (bicyclic) bond motifs is 1. The van der Waals surface area contributed by atoms with Crippen molar-refractivity contribution in [3.05, 3.63) is 59.4 Å². The van der Waals surface area contributed by atoms with Crippen LogP contribution in [-0.2, 0) is 17.7 Å². The number of aliphatic hydroxyl groups is 1. The first-order valence-corrected chi connectivity index (χ1v) is 10.6. The van der Waals surface area contributed by atoms with Gasteiger partial charge in [0.1, 0.15) is 11.9 Å². The highest BCUT2D eigenvalue weighted by Crippen LogP contribution is 2.19. The maximum Gasteiger partial charge on any atom is 0.253 e. The van der Waals surface area contributed by atoms with Crippen LogP contribution in [0.25, 0.3) is 0 Å². The molecule has 0 aliphatic carbocycles. The van der Waals surface area contributed by atoms with Gasteiger partial charge in [0.15, 0.2) is 0 Å². The van der Waals surface area contributed by atoms with Crippen LogP contribution in [0, 0.1) is 0 Å². The van der Waals surface area contributed by atoms with Gasteiger partial charge in [-0.2, -0.15) is 0 Å². The van der Waals surface area contributed by atoms with Crippen molar-refractivity contribution in [2.45, 2.75) is 38.0 Å². The fourth-order valence-electron chi connectivity index (χ4n) is 3.98. The lowest BCUT2D eigenvalue weighted by atomic mass is 10.00. The number of nitrogens with zero attached hydrogens (tertiary/aromatic N) is 2. The minimum absolute atomic E-state index is 0.0929. The van der Waals surface area contributed by atoms with Crippen molar-refractivity contribution in [1.29, 1.82) is 0 Å². The second kappa shape index (κ2) is 10.0. The Kier molecular flexibility index (Phi) is 6.94. The number of carbonyl (C=O) groups excluding carboxylic acids is 1. The highest BCUT2D eigenvalue weighted by Gasteiger charge is 2.20. The molecule has 2 aliphatic rings. The smallest absolute Gasteiger partial charge is 0.253 e. The molecule has 160 valence electrons. The summed E-state index contributed by atoms with van der Waals surface area (Å²) in [6, 6.07) is 10.1. The summed E-state index contributed by atoms with van der Waals surface area (Å²) in [7, 11) is 0. The van der Waals surface area contributed by atoms with Gasteiger partial charge in [-0.1, -0.05) is 24.3 Å². The second-order valence-corrected chi connectivity index (χ2v) is 7.96. The minimum atomic E-state index is -0.631.